The molecule has 40 heavy (non-hydrogen) atoms. The Kier molecular flexibility index (Phi) is 6.61. The van der Waals surface area contributed by atoms with E-state index in [1.165, 1.54) is 0 Å². The van der Waals surface area contributed by atoms with Gasteiger partial charge in [0.2, 0.25) is 0 Å². The molecule has 3 N–H and O–H groups in total. The summed E-state index contributed by atoms with van der Waals surface area (Å²) >= 11 is 1.58. The standard InChI is InChI=1S/C30H27N7O2S/c1-18(33-29(38)26-27(31)35-36-15-7-14-32-28(26)36)24-16-21-9-6-8-20(12-13-22-17-40-19(2)34-22)25(21)30(39)37(24)23-10-4-3-5-11-23/h3-6,8-14,16-18H,7,15H2,1-2H3,(H2,31,35)(H,33,38)/b13-12+. The number of thiazole rings is 1. The van der Waals surface area contributed by atoms with Crippen LogP contribution in [0.25, 0.3) is 28.6 Å². The Morgan fingerprint density at radius 2 is 1.98 bits per heavy atom. The second kappa shape index (κ2) is 10.4. The number of aryl methyl sites for hydroxylation is 2. The molecule has 200 valence electrons. The predicted molar refractivity (Wildman–Crippen MR) is 161 cm³/mol. The van der Waals surface area contributed by atoms with Gasteiger partial charge >= 0.3 is 0 Å². The lowest BCUT2D eigenvalue weighted by molar-refractivity contribution is 0.0940. The van der Waals surface area contributed by atoms with Crippen LogP contribution in [0.1, 0.15) is 51.7 Å². The van der Waals surface area contributed by atoms with E-state index in [-0.39, 0.29) is 16.9 Å². The number of amides is 1. The number of benzene rings is 2. The van der Waals surface area contributed by atoms with Crippen molar-refractivity contribution in [2.75, 3.05) is 5.73 Å². The average Bonchev–Trinajstić information content (AvgIpc) is 3.53. The smallest absolute Gasteiger partial charge is 0.263 e. The third-order valence-electron chi connectivity index (χ3n) is 6.85. The summed E-state index contributed by atoms with van der Waals surface area (Å²) in [6, 6.07) is 16.6. The van der Waals surface area contributed by atoms with Crippen LogP contribution in [0.15, 0.2) is 69.8 Å². The lowest BCUT2D eigenvalue weighted by Gasteiger charge is -2.21. The fraction of sp³-hybridized carbons (Fsp3) is 0.167. The molecule has 10 heteroatoms. The van der Waals surface area contributed by atoms with Gasteiger partial charge < -0.3 is 11.1 Å². The third-order valence-corrected chi connectivity index (χ3v) is 7.64. The Labute approximate surface area is 234 Å². The minimum Gasteiger partial charge on any atom is -0.381 e. The summed E-state index contributed by atoms with van der Waals surface area (Å²) in [4.78, 5) is 36.5. The van der Waals surface area contributed by atoms with Crippen LogP contribution in [0.5, 0.6) is 0 Å². The molecule has 0 aliphatic carbocycles. The van der Waals surface area contributed by atoms with Crippen molar-refractivity contribution < 1.29 is 4.79 Å². The Morgan fingerprint density at radius 1 is 1.15 bits per heavy atom. The van der Waals surface area contributed by atoms with Gasteiger partial charge in [-0.15, -0.1) is 11.3 Å². The number of hydrogen-bond donors (Lipinski definition) is 2. The first-order chi connectivity index (χ1) is 19.4. The number of nitrogens with two attached hydrogens (primary N) is 1. The first-order valence-corrected chi connectivity index (χ1v) is 13.8. The molecule has 1 aliphatic heterocycles. The maximum atomic E-state index is 14.2. The number of pyridine rings is 1. The van der Waals surface area contributed by atoms with Crippen molar-refractivity contribution in [3.63, 3.8) is 0 Å². The number of nitrogens with one attached hydrogen (secondary N) is 1. The molecule has 4 heterocycles. The van der Waals surface area contributed by atoms with Gasteiger partial charge in [-0.1, -0.05) is 42.5 Å². The summed E-state index contributed by atoms with van der Waals surface area (Å²) in [6.45, 7) is 4.42. The monoisotopic (exact) mass is 549 g/mol. The Morgan fingerprint density at radius 3 is 2.75 bits per heavy atom. The zero-order chi connectivity index (χ0) is 27.8. The first-order valence-electron chi connectivity index (χ1n) is 12.9. The largest absolute Gasteiger partial charge is 0.381 e. The first kappa shape index (κ1) is 25.4. The van der Waals surface area contributed by atoms with Crippen molar-refractivity contribution in [1.29, 1.82) is 0 Å². The van der Waals surface area contributed by atoms with Crippen molar-refractivity contribution in [3.8, 4) is 5.69 Å². The van der Waals surface area contributed by atoms with Gasteiger partial charge in [0.05, 0.1) is 22.1 Å². The molecule has 3 aromatic heterocycles. The van der Waals surface area contributed by atoms with Gasteiger partial charge in [0.25, 0.3) is 11.5 Å². The highest BCUT2D eigenvalue weighted by Crippen LogP contribution is 2.29. The third kappa shape index (κ3) is 4.62. The van der Waals surface area contributed by atoms with Crippen LogP contribution >= 0.6 is 11.3 Å². The number of nitrogens with zero attached hydrogens (tertiary/aromatic N) is 5. The van der Waals surface area contributed by atoms with Crippen LogP contribution in [0.4, 0.5) is 11.6 Å². The minimum absolute atomic E-state index is 0.129. The average molecular weight is 550 g/mol. The number of rotatable bonds is 6. The number of nitrogen functional groups attached to an aromatic ring is 1. The van der Waals surface area contributed by atoms with Gasteiger partial charge in [-0.3, -0.25) is 14.2 Å². The van der Waals surface area contributed by atoms with Crippen molar-refractivity contribution in [3.05, 3.63) is 97.9 Å². The summed E-state index contributed by atoms with van der Waals surface area (Å²) < 4.78 is 3.30. The molecule has 0 saturated carbocycles. The normalized spacial score (nSPS) is 13.6. The van der Waals surface area contributed by atoms with Crippen LogP contribution in [0.2, 0.25) is 0 Å². The number of para-hydroxylation sites is 1. The predicted octanol–water partition coefficient (Wildman–Crippen LogP) is 5.30. The number of aromatic nitrogens is 4. The summed E-state index contributed by atoms with van der Waals surface area (Å²) in [5.41, 5.74) is 9.15. The molecule has 0 fully saturated rings. The molecule has 0 radical (unpaired) electrons. The van der Waals surface area contributed by atoms with Gasteiger partial charge in [-0.2, -0.15) is 5.10 Å². The van der Waals surface area contributed by atoms with Gasteiger partial charge in [0, 0.05) is 35.9 Å². The summed E-state index contributed by atoms with van der Waals surface area (Å²) in [5, 5.41) is 11.6. The fourth-order valence-corrected chi connectivity index (χ4v) is 5.57. The topological polar surface area (TPSA) is 120 Å². The number of aliphatic imine (C=N–C) groups is 1. The zero-order valence-electron chi connectivity index (χ0n) is 22.0. The quantitative estimate of drug-likeness (QED) is 0.298. The highest BCUT2D eigenvalue weighted by molar-refractivity contribution is 7.09. The van der Waals surface area contributed by atoms with E-state index < -0.39 is 11.9 Å². The molecule has 6 rings (SSSR count). The van der Waals surface area contributed by atoms with Crippen LogP contribution < -0.4 is 16.6 Å². The van der Waals surface area contributed by atoms with Crippen molar-refractivity contribution in [1.82, 2.24) is 24.6 Å². The second-order valence-corrected chi connectivity index (χ2v) is 10.6. The van der Waals surface area contributed by atoms with Gasteiger partial charge in [0.1, 0.15) is 5.56 Å². The summed E-state index contributed by atoms with van der Waals surface area (Å²) in [5.74, 6) is 0.177. The van der Waals surface area contributed by atoms with Crippen LogP contribution in [0, 0.1) is 6.92 Å². The highest BCUT2D eigenvalue weighted by Gasteiger charge is 2.26. The van der Waals surface area contributed by atoms with Crippen LogP contribution in [-0.2, 0) is 6.54 Å². The molecule has 5 aromatic rings. The number of anilines is 1. The molecule has 9 nitrogen and oxygen atoms in total. The lowest BCUT2D eigenvalue weighted by Crippen LogP contribution is -2.32. The Bertz CT molecular complexity index is 1860. The highest BCUT2D eigenvalue weighted by atomic mass is 32.1. The van der Waals surface area contributed by atoms with Gasteiger partial charge in [-0.25, -0.2) is 14.7 Å². The number of carbonyl (C=O) groups is 1. The molecule has 1 amide bonds. The van der Waals surface area contributed by atoms with E-state index in [0.717, 1.165) is 28.1 Å². The summed E-state index contributed by atoms with van der Waals surface area (Å²) in [6.07, 6.45) is 6.33. The van der Waals surface area contributed by atoms with Gasteiger partial charge in [-0.05, 0) is 49.1 Å². The zero-order valence-corrected chi connectivity index (χ0v) is 22.9. The van der Waals surface area contributed by atoms with Crippen LogP contribution in [-0.4, -0.2) is 31.5 Å². The van der Waals surface area contributed by atoms with Crippen molar-refractivity contribution >= 4 is 58.0 Å². The maximum Gasteiger partial charge on any atom is 0.263 e. The van der Waals surface area contributed by atoms with Crippen molar-refractivity contribution in [2.24, 2.45) is 4.99 Å². The Balaban J connectivity index is 1.45. The van der Waals surface area contributed by atoms with E-state index in [0.29, 0.717) is 29.1 Å². The van der Waals surface area contributed by atoms with Crippen LogP contribution in [0.3, 0.4) is 0 Å². The minimum atomic E-state index is -0.537. The molecule has 0 saturated heterocycles. The Hall–Kier alpha value is -4.83. The lowest BCUT2D eigenvalue weighted by atomic mass is 10.0. The van der Waals surface area contributed by atoms with E-state index in [1.54, 1.807) is 26.8 Å². The molecule has 0 spiro atoms. The molecule has 0 bridgehead atoms. The van der Waals surface area contributed by atoms with Gasteiger partial charge in [0.15, 0.2) is 11.6 Å². The molecular formula is C30H27N7O2S. The molecule has 2 aromatic carbocycles. The molecule has 1 unspecified atom stereocenters. The SMILES string of the molecule is Cc1nc(/C=C/c2cccc3cc(C(C)NC(=O)c4c(N)nn5c4N=CCC5)n(-c4ccccc4)c(=O)c23)cs1. The molecular weight excluding hydrogens is 522 g/mol. The maximum absolute atomic E-state index is 14.2. The van der Waals surface area contributed by atoms with E-state index in [1.807, 2.05) is 86.0 Å². The van der Waals surface area contributed by atoms with Crippen molar-refractivity contribution in [2.45, 2.75) is 32.9 Å². The van der Waals surface area contributed by atoms with E-state index in [2.05, 4.69) is 20.4 Å². The number of carbonyl (C=O) groups excluding carboxylic acids is 1. The van der Waals surface area contributed by atoms with E-state index in [9.17, 15) is 9.59 Å². The van der Waals surface area contributed by atoms with E-state index >= 15 is 0 Å². The molecule has 1 atom stereocenters. The second-order valence-electron chi connectivity index (χ2n) is 9.58. The number of fused-ring (bicyclic) bond motifs is 2. The summed E-state index contributed by atoms with van der Waals surface area (Å²) in [7, 11) is 0. The fourth-order valence-electron chi connectivity index (χ4n) is 4.99. The van der Waals surface area contributed by atoms with E-state index in [4.69, 9.17) is 5.73 Å². The molecule has 1 aliphatic rings. The number of hydrogen-bond acceptors (Lipinski definition) is 7.